The summed E-state index contributed by atoms with van der Waals surface area (Å²) in [6, 6.07) is 0. The van der Waals surface area contributed by atoms with Gasteiger partial charge in [-0.2, -0.15) is 0 Å². The molecule has 0 aromatic carbocycles. The molecule has 0 aromatic rings. The first kappa shape index (κ1) is 38.4. The van der Waals surface area contributed by atoms with Crippen LogP contribution in [0.3, 0.4) is 0 Å². The van der Waals surface area contributed by atoms with Gasteiger partial charge in [0.15, 0.2) is 0 Å². The van der Waals surface area contributed by atoms with E-state index >= 15 is 0 Å². The summed E-state index contributed by atoms with van der Waals surface area (Å²) in [6.07, 6.45) is -33.5. The molecule has 0 heterocycles. The van der Waals surface area contributed by atoms with Gasteiger partial charge in [0, 0.05) is 11.8 Å². The second-order valence-corrected chi connectivity index (χ2v) is 10.4. The molecule has 0 aliphatic carbocycles. The summed E-state index contributed by atoms with van der Waals surface area (Å²) in [5.41, 5.74) is 0. The molecule has 0 radical (unpaired) electrons. The molecule has 0 amide bonds. The largest absolute Gasteiger partial charge is 0.393 e. The lowest BCUT2D eigenvalue weighted by molar-refractivity contribution is -0.194. The van der Waals surface area contributed by atoms with E-state index in [-0.39, 0.29) is 0 Å². The molecule has 0 aromatic heterocycles. The predicted octanol–water partition coefficient (Wildman–Crippen LogP) is -7.54. The van der Waals surface area contributed by atoms with E-state index in [9.17, 15) is 81.7 Å². The smallest absolute Gasteiger partial charge is 0.109 e. The molecule has 16 N–H and O–H groups in total. The molecule has 0 bridgehead atoms. The SMILES string of the molecule is CC(O)C(O)C(O)CC(C(O)C(O)C(O)C(C)O)C(O)C(O)C(O)C(O)C(C(C)O)C(O)C(O)C(O)C(C)O. The van der Waals surface area contributed by atoms with Gasteiger partial charge in [-0.1, -0.05) is 0 Å². The molecule has 18 unspecified atom stereocenters. The molecule has 16 heteroatoms. The predicted molar refractivity (Wildman–Crippen MR) is 130 cm³/mol. The lowest BCUT2D eigenvalue weighted by atomic mass is 9.77. The summed E-state index contributed by atoms with van der Waals surface area (Å²) in [4.78, 5) is 0. The van der Waals surface area contributed by atoms with Crippen molar-refractivity contribution in [3.8, 4) is 0 Å². The zero-order valence-corrected chi connectivity index (χ0v) is 22.3. The fourth-order valence-electron chi connectivity index (χ4n) is 4.33. The number of rotatable bonds is 18. The highest BCUT2D eigenvalue weighted by Crippen LogP contribution is 2.29. The zero-order chi connectivity index (χ0) is 31.1. The van der Waals surface area contributed by atoms with Gasteiger partial charge in [0.2, 0.25) is 0 Å². The van der Waals surface area contributed by atoms with Crippen molar-refractivity contribution in [1.29, 1.82) is 0 Å². The fourth-order valence-corrected chi connectivity index (χ4v) is 4.33. The van der Waals surface area contributed by atoms with Gasteiger partial charge in [-0.25, -0.2) is 0 Å². The summed E-state index contributed by atoms with van der Waals surface area (Å²) < 4.78 is 0. The van der Waals surface area contributed by atoms with Crippen molar-refractivity contribution in [1.82, 2.24) is 0 Å². The average Bonchev–Trinajstić information content (AvgIpc) is 2.86. The van der Waals surface area contributed by atoms with E-state index in [1.165, 1.54) is 0 Å². The number of aliphatic hydroxyl groups excluding tert-OH is 16. The number of hydrogen-bond donors (Lipinski definition) is 16. The van der Waals surface area contributed by atoms with Crippen LogP contribution in [0, 0.1) is 11.8 Å². The van der Waals surface area contributed by atoms with E-state index in [1.807, 2.05) is 0 Å². The maximum Gasteiger partial charge on any atom is 0.109 e. The van der Waals surface area contributed by atoms with Gasteiger partial charge in [-0.05, 0) is 34.1 Å². The summed E-state index contributed by atoms with van der Waals surface area (Å²) in [5, 5.41) is 163. The molecule has 0 spiro atoms. The van der Waals surface area contributed by atoms with Gasteiger partial charge in [-0.3, -0.25) is 0 Å². The normalized spacial score (nSPS) is 26.8. The van der Waals surface area contributed by atoms with Crippen molar-refractivity contribution < 1.29 is 81.7 Å². The molecule has 16 nitrogen and oxygen atoms in total. The first-order valence-electron chi connectivity index (χ1n) is 12.6. The second-order valence-electron chi connectivity index (χ2n) is 10.4. The Morgan fingerprint density at radius 2 is 0.590 bits per heavy atom. The molecule has 18 atom stereocenters. The minimum atomic E-state index is -2.49. The van der Waals surface area contributed by atoms with Gasteiger partial charge in [0.05, 0.1) is 54.9 Å². The fraction of sp³-hybridized carbons (Fsp3) is 1.00. The Labute approximate surface area is 225 Å². The van der Waals surface area contributed by atoms with Crippen LogP contribution in [0.5, 0.6) is 0 Å². The molecule has 0 aliphatic heterocycles. The third-order valence-corrected chi connectivity index (χ3v) is 7.06. The first-order valence-corrected chi connectivity index (χ1v) is 12.6. The summed E-state index contributed by atoms with van der Waals surface area (Å²) in [5.74, 6) is -3.81. The number of aliphatic hydroxyl groups is 16. The van der Waals surface area contributed by atoms with E-state index < -0.39 is 116 Å². The Morgan fingerprint density at radius 3 is 0.897 bits per heavy atom. The van der Waals surface area contributed by atoms with Gasteiger partial charge in [-0.15, -0.1) is 0 Å². The lowest BCUT2D eigenvalue weighted by Gasteiger charge is -2.40. The molecular weight excluding hydrogens is 532 g/mol. The van der Waals surface area contributed by atoms with Crippen molar-refractivity contribution in [2.45, 2.75) is 132 Å². The summed E-state index contributed by atoms with van der Waals surface area (Å²) in [6.45, 7) is 4.24. The van der Waals surface area contributed by atoms with Crippen molar-refractivity contribution in [2.24, 2.45) is 11.8 Å². The van der Waals surface area contributed by atoms with Crippen LogP contribution < -0.4 is 0 Å². The first-order chi connectivity index (χ1) is 17.7. The standard InChI is InChI=1S/C23H48O16/c1-6(24)12(18(34)21(37)15(31)9(4)27)19(35)23(39)22(38)17(33)10(5-11(28)13(29)7(2)25)16(32)20(36)14(30)8(3)26/h6-39H,5H2,1-4H3. The van der Waals surface area contributed by atoms with Crippen LogP contribution in [0.1, 0.15) is 34.1 Å². The minimum absolute atomic E-state index is 0.875. The molecular formula is C23H48O16. The van der Waals surface area contributed by atoms with Crippen LogP contribution in [-0.2, 0) is 0 Å². The summed E-state index contributed by atoms with van der Waals surface area (Å²) >= 11 is 0. The highest BCUT2D eigenvalue weighted by molar-refractivity contribution is 4.97. The van der Waals surface area contributed by atoms with Crippen LogP contribution in [-0.4, -0.2) is 179 Å². The second kappa shape index (κ2) is 16.7. The maximum atomic E-state index is 10.8. The Morgan fingerprint density at radius 1 is 0.308 bits per heavy atom. The van der Waals surface area contributed by atoms with Crippen LogP contribution in [0.2, 0.25) is 0 Å². The Kier molecular flexibility index (Phi) is 16.4. The molecule has 0 saturated carbocycles. The van der Waals surface area contributed by atoms with Crippen molar-refractivity contribution >= 4 is 0 Å². The van der Waals surface area contributed by atoms with E-state index in [2.05, 4.69) is 0 Å². The van der Waals surface area contributed by atoms with Gasteiger partial charge >= 0.3 is 0 Å². The van der Waals surface area contributed by atoms with Gasteiger partial charge < -0.3 is 81.7 Å². The van der Waals surface area contributed by atoms with Crippen LogP contribution >= 0.6 is 0 Å². The minimum Gasteiger partial charge on any atom is -0.393 e. The molecule has 236 valence electrons. The maximum absolute atomic E-state index is 10.8. The van der Waals surface area contributed by atoms with Crippen molar-refractivity contribution in [3.05, 3.63) is 0 Å². The number of hydrogen-bond acceptors (Lipinski definition) is 16. The van der Waals surface area contributed by atoms with Crippen molar-refractivity contribution in [3.63, 3.8) is 0 Å². The average molecular weight is 581 g/mol. The molecule has 0 fully saturated rings. The van der Waals surface area contributed by atoms with Crippen LogP contribution in [0.4, 0.5) is 0 Å². The van der Waals surface area contributed by atoms with E-state index in [0.717, 1.165) is 27.7 Å². The monoisotopic (exact) mass is 580 g/mol. The Bertz CT molecular complexity index is 666. The van der Waals surface area contributed by atoms with Crippen LogP contribution in [0.15, 0.2) is 0 Å². The molecule has 0 rings (SSSR count). The highest BCUT2D eigenvalue weighted by Gasteiger charge is 2.47. The third-order valence-electron chi connectivity index (χ3n) is 7.06. The quantitative estimate of drug-likeness (QED) is 0.0715. The van der Waals surface area contributed by atoms with E-state index in [4.69, 9.17) is 0 Å². The molecule has 0 aliphatic rings. The molecule has 39 heavy (non-hydrogen) atoms. The third kappa shape index (κ3) is 10.3. The van der Waals surface area contributed by atoms with Gasteiger partial charge in [0.1, 0.15) is 42.7 Å². The Balaban J connectivity index is 6.16. The topological polar surface area (TPSA) is 324 Å². The van der Waals surface area contributed by atoms with Crippen molar-refractivity contribution in [2.75, 3.05) is 0 Å². The van der Waals surface area contributed by atoms with E-state index in [0.29, 0.717) is 0 Å². The highest BCUT2D eigenvalue weighted by atomic mass is 16.4. The van der Waals surface area contributed by atoms with E-state index in [1.54, 1.807) is 0 Å². The van der Waals surface area contributed by atoms with Crippen LogP contribution in [0.25, 0.3) is 0 Å². The molecule has 0 saturated heterocycles. The summed E-state index contributed by atoms with van der Waals surface area (Å²) in [7, 11) is 0. The zero-order valence-electron chi connectivity index (χ0n) is 22.3. The van der Waals surface area contributed by atoms with Gasteiger partial charge in [0.25, 0.3) is 0 Å². The lowest BCUT2D eigenvalue weighted by Crippen LogP contribution is -2.59. The Hall–Kier alpha value is -0.640.